The van der Waals surface area contributed by atoms with Crippen LogP contribution < -0.4 is 10.9 Å². The average molecular weight is 492 g/mol. The summed E-state index contributed by atoms with van der Waals surface area (Å²) in [4.78, 5) is 34.9. The predicted octanol–water partition coefficient (Wildman–Crippen LogP) is 5.79. The van der Waals surface area contributed by atoms with Gasteiger partial charge in [-0.15, -0.1) is 0 Å². The Hall–Kier alpha value is -3.36. The predicted molar refractivity (Wildman–Crippen MR) is 126 cm³/mol. The van der Waals surface area contributed by atoms with E-state index in [0.717, 1.165) is 31.0 Å². The second kappa shape index (κ2) is 7.72. The number of nitrogens with zero attached hydrogens (tertiary/aromatic N) is 2. The maximum Gasteiger partial charge on any atom is 0.349 e. The van der Waals surface area contributed by atoms with Crippen molar-refractivity contribution in [2.75, 3.05) is 5.32 Å². The number of thiazole rings is 1. The third-order valence-corrected chi connectivity index (χ3v) is 6.35. The van der Waals surface area contributed by atoms with Crippen LogP contribution in [0.25, 0.3) is 31.9 Å². The highest BCUT2D eigenvalue weighted by Gasteiger charge is 2.16. The van der Waals surface area contributed by atoms with Gasteiger partial charge >= 0.3 is 5.63 Å². The Morgan fingerprint density at radius 3 is 2.81 bits per heavy atom. The van der Waals surface area contributed by atoms with E-state index in [2.05, 4.69) is 31.2 Å². The third kappa shape index (κ3) is 3.75. The van der Waals surface area contributed by atoms with E-state index >= 15 is 0 Å². The van der Waals surface area contributed by atoms with Gasteiger partial charge in [-0.25, -0.2) is 14.8 Å². The van der Waals surface area contributed by atoms with Crippen LogP contribution in [0.3, 0.4) is 0 Å². The molecule has 0 aliphatic heterocycles. The van der Waals surface area contributed by atoms with Crippen molar-refractivity contribution in [1.82, 2.24) is 9.97 Å². The summed E-state index contributed by atoms with van der Waals surface area (Å²) in [6, 6.07) is 16.2. The van der Waals surface area contributed by atoms with Crippen LogP contribution >= 0.6 is 27.3 Å². The van der Waals surface area contributed by atoms with E-state index in [0.29, 0.717) is 16.7 Å². The molecular weight excluding hydrogens is 478 g/mol. The average Bonchev–Trinajstić information content (AvgIpc) is 3.19. The molecule has 5 aromatic rings. The zero-order chi connectivity index (χ0) is 21.5. The Balaban J connectivity index is 1.45. The van der Waals surface area contributed by atoms with Crippen LogP contribution in [-0.4, -0.2) is 15.9 Å². The molecule has 5 rings (SSSR count). The van der Waals surface area contributed by atoms with E-state index in [1.807, 2.05) is 31.2 Å². The van der Waals surface area contributed by atoms with Crippen molar-refractivity contribution in [2.45, 2.75) is 6.92 Å². The van der Waals surface area contributed by atoms with Gasteiger partial charge in [0.05, 0.1) is 0 Å². The maximum atomic E-state index is 12.8. The Kier molecular flexibility index (Phi) is 4.88. The van der Waals surface area contributed by atoms with E-state index in [9.17, 15) is 9.59 Å². The van der Waals surface area contributed by atoms with E-state index < -0.39 is 11.5 Å². The number of carbonyl (C=O) groups is 1. The second-order valence-electron chi connectivity index (χ2n) is 6.96. The van der Waals surface area contributed by atoms with Crippen molar-refractivity contribution in [1.29, 1.82) is 0 Å². The number of benzene rings is 2. The fourth-order valence-corrected chi connectivity index (χ4v) is 4.56. The maximum absolute atomic E-state index is 12.8. The summed E-state index contributed by atoms with van der Waals surface area (Å²) in [5, 5.41) is 4.33. The van der Waals surface area contributed by atoms with Gasteiger partial charge in [-0.1, -0.05) is 27.3 Å². The first-order chi connectivity index (χ1) is 15.0. The number of pyridine rings is 1. The van der Waals surface area contributed by atoms with Crippen molar-refractivity contribution in [3.63, 3.8) is 0 Å². The van der Waals surface area contributed by atoms with Crippen LogP contribution in [0.5, 0.6) is 0 Å². The van der Waals surface area contributed by atoms with Crippen LogP contribution in [0, 0.1) is 6.92 Å². The Bertz CT molecular complexity index is 1510. The van der Waals surface area contributed by atoms with Gasteiger partial charge in [-0.2, -0.15) is 0 Å². The van der Waals surface area contributed by atoms with Crippen molar-refractivity contribution in [3.8, 4) is 10.6 Å². The minimum absolute atomic E-state index is 0.0497. The molecule has 152 valence electrons. The molecule has 0 radical (unpaired) electrons. The number of hydrogen-bond donors (Lipinski definition) is 1. The van der Waals surface area contributed by atoms with Crippen molar-refractivity contribution < 1.29 is 9.21 Å². The Morgan fingerprint density at radius 2 is 2.00 bits per heavy atom. The van der Waals surface area contributed by atoms with Gasteiger partial charge < -0.3 is 9.73 Å². The SMILES string of the molecule is Cc1cc(-c2nc3cccnc3s2)ccc1NC(=O)c1cc2cc(Br)ccc2oc1=O. The van der Waals surface area contributed by atoms with Crippen LogP contribution in [0.15, 0.2) is 74.5 Å². The summed E-state index contributed by atoms with van der Waals surface area (Å²) in [7, 11) is 0. The Labute approximate surface area is 188 Å². The molecule has 3 heterocycles. The largest absolute Gasteiger partial charge is 0.422 e. The number of anilines is 1. The quantitative estimate of drug-likeness (QED) is 0.323. The van der Waals surface area contributed by atoms with Gasteiger partial charge in [0.1, 0.15) is 26.5 Å². The number of hydrogen-bond acceptors (Lipinski definition) is 6. The van der Waals surface area contributed by atoms with E-state index in [4.69, 9.17) is 4.42 Å². The van der Waals surface area contributed by atoms with E-state index in [1.54, 1.807) is 36.5 Å². The number of amides is 1. The first-order valence-corrected chi connectivity index (χ1v) is 11.0. The molecule has 0 saturated heterocycles. The molecule has 2 aromatic carbocycles. The lowest BCUT2D eigenvalue weighted by Gasteiger charge is -2.09. The molecule has 0 unspecified atom stereocenters. The topological polar surface area (TPSA) is 85.1 Å². The standard InChI is InChI=1S/C23H14BrN3O3S/c1-12-9-13(21-27-18-3-2-8-25-22(18)31-21)4-6-17(12)26-20(28)16-11-14-10-15(24)5-7-19(14)30-23(16)29/h2-11H,1H3,(H,26,28). The smallest absolute Gasteiger partial charge is 0.349 e. The zero-order valence-electron chi connectivity index (χ0n) is 16.2. The van der Waals surface area contributed by atoms with Crippen LogP contribution in [0.1, 0.15) is 15.9 Å². The molecule has 6 nitrogen and oxygen atoms in total. The first kappa shape index (κ1) is 19.6. The Morgan fingerprint density at radius 1 is 1.13 bits per heavy atom. The number of carbonyl (C=O) groups excluding carboxylic acids is 1. The number of aryl methyl sites for hydroxylation is 1. The van der Waals surface area contributed by atoms with E-state index in [-0.39, 0.29) is 5.56 Å². The van der Waals surface area contributed by atoms with E-state index in [1.165, 1.54) is 11.3 Å². The first-order valence-electron chi connectivity index (χ1n) is 9.35. The molecule has 8 heteroatoms. The fraction of sp³-hybridized carbons (Fsp3) is 0.0435. The van der Waals surface area contributed by atoms with Crippen molar-refractivity contribution in [2.24, 2.45) is 0 Å². The summed E-state index contributed by atoms with van der Waals surface area (Å²) in [5.74, 6) is -0.518. The molecule has 0 aliphatic carbocycles. The van der Waals surface area contributed by atoms with Gasteiger partial charge in [0.2, 0.25) is 0 Å². The number of aromatic nitrogens is 2. The molecule has 0 spiro atoms. The van der Waals surface area contributed by atoms with Crippen LogP contribution in [-0.2, 0) is 0 Å². The number of fused-ring (bicyclic) bond motifs is 2. The molecule has 3 aromatic heterocycles. The molecule has 1 amide bonds. The van der Waals surface area contributed by atoms with Crippen LogP contribution in [0.4, 0.5) is 5.69 Å². The molecule has 0 aliphatic rings. The summed E-state index contributed by atoms with van der Waals surface area (Å²) in [6.07, 6.45) is 1.75. The van der Waals surface area contributed by atoms with Crippen molar-refractivity contribution >= 4 is 60.2 Å². The molecule has 31 heavy (non-hydrogen) atoms. The summed E-state index contributed by atoms with van der Waals surface area (Å²) in [6.45, 7) is 1.89. The van der Waals surface area contributed by atoms with Gasteiger partial charge in [-0.3, -0.25) is 4.79 Å². The van der Waals surface area contributed by atoms with Gasteiger partial charge in [0.15, 0.2) is 0 Å². The van der Waals surface area contributed by atoms with Gasteiger partial charge in [-0.05, 0) is 67.1 Å². The summed E-state index contributed by atoms with van der Waals surface area (Å²) >= 11 is 4.90. The normalized spacial score (nSPS) is 11.2. The monoisotopic (exact) mass is 491 g/mol. The highest BCUT2D eigenvalue weighted by Crippen LogP contribution is 2.31. The third-order valence-electron chi connectivity index (χ3n) is 4.83. The number of rotatable bonds is 3. The minimum Gasteiger partial charge on any atom is -0.422 e. The van der Waals surface area contributed by atoms with Crippen molar-refractivity contribution in [3.05, 3.63) is 86.8 Å². The summed E-state index contributed by atoms with van der Waals surface area (Å²) in [5.41, 5.74) is 2.96. The summed E-state index contributed by atoms with van der Waals surface area (Å²) < 4.78 is 6.12. The second-order valence-corrected chi connectivity index (χ2v) is 8.85. The molecule has 0 atom stereocenters. The number of nitrogens with one attached hydrogen (secondary N) is 1. The molecule has 0 bridgehead atoms. The molecule has 1 N–H and O–H groups in total. The van der Waals surface area contributed by atoms with Crippen LogP contribution in [0.2, 0.25) is 0 Å². The lowest BCUT2D eigenvalue weighted by atomic mass is 10.1. The number of halogens is 1. The molecule has 0 fully saturated rings. The molecular formula is C23H14BrN3O3S. The lowest BCUT2D eigenvalue weighted by Crippen LogP contribution is -2.21. The lowest BCUT2D eigenvalue weighted by molar-refractivity contribution is 0.102. The molecule has 0 saturated carbocycles. The zero-order valence-corrected chi connectivity index (χ0v) is 18.6. The highest BCUT2D eigenvalue weighted by molar-refractivity contribution is 9.10. The highest BCUT2D eigenvalue weighted by atomic mass is 79.9. The van der Waals surface area contributed by atoms with Gasteiger partial charge in [0.25, 0.3) is 5.91 Å². The van der Waals surface area contributed by atoms with Gasteiger partial charge in [0, 0.05) is 27.3 Å². The fourth-order valence-electron chi connectivity index (χ4n) is 3.27. The minimum atomic E-state index is -0.677.